The van der Waals surface area contributed by atoms with E-state index in [1.807, 2.05) is 12.1 Å². The Bertz CT molecular complexity index is 834. The molecule has 0 spiro atoms. The molecule has 0 aromatic heterocycles. The number of piperidine rings is 1. The maximum atomic E-state index is 13.6. The summed E-state index contributed by atoms with van der Waals surface area (Å²) >= 11 is 0. The van der Waals surface area contributed by atoms with Crippen LogP contribution in [0, 0.1) is 0 Å². The lowest BCUT2D eigenvalue weighted by atomic mass is 9.78. The van der Waals surface area contributed by atoms with E-state index in [1.54, 1.807) is 0 Å². The Labute approximate surface area is 213 Å². The second kappa shape index (κ2) is 11.5. The van der Waals surface area contributed by atoms with E-state index < -0.39 is 5.54 Å². The molecule has 1 aromatic carbocycles. The number of amides is 2. The molecular weight excluding hydrogens is 434 g/mol. The van der Waals surface area contributed by atoms with Gasteiger partial charge in [-0.15, -0.1) is 0 Å². The molecule has 2 aliphatic rings. The van der Waals surface area contributed by atoms with E-state index in [1.165, 1.54) is 32.4 Å². The number of nitrogens with one attached hydrogen (secondary N) is 2. The number of benzene rings is 1. The molecule has 1 saturated carbocycles. The van der Waals surface area contributed by atoms with E-state index in [4.69, 9.17) is 0 Å². The minimum Gasteiger partial charge on any atom is -0.354 e. The maximum absolute atomic E-state index is 13.6. The predicted octanol–water partition coefficient (Wildman–Crippen LogP) is 5.71. The topological polar surface area (TPSA) is 61.4 Å². The van der Waals surface area contributed by atoms with Crippen LogP contribution in [-0.2, 0) is 15.6 Å². The van der Waals surface area contributed by atoms with E-state index in [9.17, 15) is 9.59 Å². The number of rotatable bonds is 7. The second-order valence-electron chi connectivity index (χ2n) is 12.9. The first-order chi connectivity index (χ1) is 16.4. The molecule has 5 nitrogen and oxygen atoms in total. The number of likely N-dealkylation sites (tertiary alicyclic amines) is 1. The zero-order valence-corrected chi connectivity index (χ0v) is 23.2. The summed E-state index contributed by atoms with van der Waals surface area (Å²) in [6.45, 7) is 17.1. The quantitative estimate of drug-likeness (QED) is 0.489. The van der Waals surface area contributed by atoms with Gasteiger partial charge < -0.3 is 15.5 Å². The van der Waals surface area contributed by atoms with Gasteiger partial charge >= 0.3 is 0 Å². The molecule has 1 saturated heterocycles. The van der Waals surface area contributed by atoms with Crippen LogP contribution in [0.2, 0.25) is 0 Å². The summed E-state index contributed by atoms with van der Waals surface area (Å²) in [6.07, 6.45) is 9.35. The van der Waals surface area contributed by atoms with Gasteiger partial charge in [-0.05, 0) is 85.8 Å². The Morgan fingerprint density at radius 3 is 1.91 bits per heavy atom. The van der Waals surface area contributed by atoms with Gasteiger partial charge in [-0.3, -0.25) is 9.59 Å². The van der Waals surface area contributed by atoms with Crippen molar-refractivity contribution >= 4 is 11.8 Å². The van der Waals surface area contributed by atoms with Crippen LogP contribution in [0.15, 0.2) is 18.2 Å². The molecule has 0 unspecified atom stereocenters. The lowest BCUT2D eigenvalue weighted by Gasteiger charge is -2.37. The lowest BCUT2D eigenvalue weighted by molar-refractivity contribution is -0.128. The Morgan fingerprint density at radius 1 is 0.829 bits per heavy atom. The van der Waals surface area contributed by atoms with Crippen LogP contribution in [0.1, 0.15) is 121 Å². The molecule has 2 amide bonds. The highest BCUT2D eigenvalue weighted by Crippen LogP contribution is 2.32. The Morgan fingerprint density at radius 2 is 1.37 bits per heavy atom. The largest absolute Gasteiger partial charge is 0.354 e. The first-order valence-electron chi connectivity index (χ1n) is 13.9. The molecule has 0 atom stereocenters. The van der Waals surface area contributed by atoms with Crippen molar-refractivity contribution in [2.75, 3.05) is 26.2 Å². The van der Waals surface area contributed by atoms with Gasteiger partial charge in [-0.2, -0.15) is 0 Å². The minimum atomic E-state index is -0.805. The van der Waals surface area contributed by atoms with Gasteiger partial charge in [0.15, 0.2) is 0 Å². The number of nitrogens with zero attached hydrogens (tertiary/aromatic N) is 1. The maximum Gasteiger partial charge on any atom is 0.252 e. The zero-order valence-electron chi connectivity index (χ0n) is 23.2. The van der Waals surface area contributed by atoms with Crippen molar-refractivity contribution in [1.29, 1.82) is 0 Å². The summed E-state index contributed by atoms with van der Waals surface area (Å²) in [7, 11) is 0. The molecule has 0 bridgehead atoms. The Kier molecular flexibility index (Phi) is 9.06. The minimum absolute atomic E-state index is 0.00721. The number of hydrogen-bond acceptors (Lipinski definition) is 3. The van der Waals surface area contributed by atoms with Crippen molar-refractivity contribution in [2.24, 2.45) is 0 Å². The molecule has 1 aliphatic carbocycles. The zero-order chi connectivity index (χ0) is 25.7. The summed E-state index contributed by atoms with van der Waals surface area (Å²) in [4.78, 5) is 29.6. The standard InChI is InChI=1S/C30H49N3O2/c1-28(2,3)24-20-23(21-25(22-24)29(4,5)6)26(34)32-30(14-9-7-10-15-30)27(35)31-16-13-19-33-17-11-8-12-18-33/h20-22H,7-19H2,1-6H3,(H,31,35)(H,32,34). The fourth-order valence-corrected chi connectivity index (χ4v) is 5.34. The molecule has 35 heavy (non-hydrogen) atoms. The summed E-state index contributed by atoms with van der Waals surface area (Å²) in [5.41, 5.74) is 2.02. The van der Waals surface area contributed by atoms with E-state index in [-0.39, 0.29) is 22.6 Å². The second-order valence-corrected chi connectivity index (χ2v) is 12.9. The molecule has 196 valence electrons. The van der Waals surface area contributed by atoms with Crippen LogP contribution < -0.4 is 10.6 Å². The van der Waals surface area contributed by atoms with E-state index in [0.29, 0.717) is 24.9 Å². The smallest absolute Gasteiger partial charge is 0.252 e. The van der Waals surface area contributed by atoms with Crippen LogP contribution in [0.3, 0.4) is 0 Å². The van der Waals surface area contributed by atoms with Crippen molar-refractivity contribution in [1.82, 2.24) is 15.5 Å². The average Bonchev–Trinajstić information content (AvgIpc) is 2.81. The van der Waals surface area contributed by atoms with Crippen molar-refractivity contribution < 1.29 is 9.59 Å². The normalized spacial score (nSPS) is 19.3. The highest BCUT2D eigenvalue weighted by atomic mass is 16.2. The summed E-state index contributed by atoms with van der Waals surface area (Å²) in [5.74, 6) is -0.140. The fraction of sp³-hybridized carbons (Fsp3) is 0.733. The van der Waals surface area contributed by atoms with Gasteiger partial charge in [-0.1, -0.05) is 73.3 Å². The molecule has 1 aliphatic heterocycles. The predicted molar refractivity (Wildman–Crippen MR) is 145 cm³/mol. The Hall–Kier alpha value is -1.88. The molecule has 2 fully saturated rings. The number of carbonyl (C=O) groups excluding carboxylic acids is 2. The molecule has 2 N–H and O–H groups in total. The van der Waals surface area contributed by atoms with Gasteiger partial charge in [0.25, 0.3) is 5.91 Å². The van der Waals surface area contributed by atoms with Crippen LogP contribution >= 0.6 is 0 Å². The third kappa shape index (κ3) is 7.55. The van der Waals surface area contributed by atoms with Gasteiger partial charge in [0, 0.05) is 12.1 Å². The van der Waals surface area contributed by atoms with Crippen molar-refractivity contribution in [3.05, 3.63) is 34.9 Å². The highest BCUT2D eigenvalue weighted by molar-refractivity contribution is 5.99. The van der Waals surface area contributed by atoms with Gasteiger partial charge in [0.1, 0.15) is 5.54 Å². The number of carbonyl (C=O) groups is 2. The van der Waals surface area contributed by atoms with Crippen LogP contribution in [0.5, 0.6) is 0 Å². The monoisotopic (exact) mass is 483 g/mol. The van der Waals surface area contributed by atoms with Gasteiger partial charge in [0.05, 0.1) is 0 Å². The SMILES string of the molecule is CC(C)(C)c1cc(C(=O)NC2(C(=O)NCCCN3CCCCC3)CCCCC2)cc(C(C)(C)C)c1. The third-order valence-corrected chi connectivity index (χ3v) is 7.81. The van der Waals surface area contributed by atoms with Gasteiger partial charge in [0.2, 0.25) is 5.91 Å². The third-order valence-electron chi connectivity index (χ3n) is 7.81. The highest BCUT2D eigenvalue weighted by Gasteiger charge is 2.41. The van der Waals surface area contributed by atoms with E-state index in [0.717, 1.165) is 43.4 Å². The Balaban J connectivity index is 1.72. The molecular formula is C30H49N3O2. The first-order valence-corrected chi connectivity index (χ1v) is 13.9. The van der Waals surface area contributed by atoms with Gasteiger partial charge in [-0.25, -0.2) is 0 Å². The van der Waals surface area contributed by atoms with E-state index >= 15 is 0 Å². The summed E-state index contributed by atoms with van der Waals surface area (Å²) < 4.78 is 0. The van der Waals surface area contributed by atoms with E-state index in [2.05, 4.69) is 63.1 Å². The fourth-order valence-electron chi connectivity index (χ4n) is 5.34. The lowest BCUT2D eigenvalue weighted by Crippen LogP contribution is -2.60. The summed E-state index contributed by atoms with van der Waals surface area (Å²) in [5, 5.41) is 6.42. The average molecular weight is 484 g/mol. The van der Waals surface area contributed by atoms with Crippen LogP contribution in [-0.4, -0.2) is 48.4 Å². The van der Waals surface area contributed by atoms with Crippen molar-refractivity contribution in [2.45, 2.75) is 116 Å². The van der Waals surface area contributed by atoms with Crippen LogP contribution in [0.4, 0.5) is 0 Å². The van der Waals surface area contributed by atoms with Crippen LogP contribution in [0.25, 0.3) is 0 Å². The molecule has 3 rings (SSSR count). The molecule has 0 radical (unpaired) electrons. The molecule has 1 aromatic rings. The number of hydrogen-bond donors (Lipinski definition) is 2. The van der Waals surface area contributed by atoms with Crippen molar-refractivity contribution in [3.63, 3.8) is 0 Å². The molecule has 5 heteroatoms. The van der Waals surface area contributed by atoms with Crippen molar-refractivity contribution in [3.8, 4) is 0 Å². The summed E-state index contributed by atoms with van der Waals surface area (Å²) in [6, 6.07) is 6.25. The first kappa shape index (κ1) is 27.7. The molecule has 1 heterocycles.